The Morgan fingerprint density at radius 3 is 2.79 bits per heavy atom. The number of hydrogen-bond acceptors (Lipinski definition) is 5. The summed E-state index contributed by atoms with van der Waals surface area (Å²) < 4.78 is 9.69. The molecule has 0 saturated heterocycles. The van der Waals surface area contributed by atoms with Crippen molar-refractivity contribution in [2.75, 3.05) is 32.6 Å². The van der Waals surface area contributed by atoms with E-state index in [1.54, 1.807) is 31.3 Å². The predicted octanol–water partition coefficient (Wildman–Crippen LogP) is 0.786. The Morgan fingerprint density at radius 1 is 1.32 bits per heavy atom. The molecule has 0 saturated carbocycles. The molecule has 0 unspecified atom stereocenters. The lowest BCUT2D eigenvalue weighted by Crippen LogP contribution is -2.18. The van der Waals surface area contributed by atoms with Crippen LogP contribution in [0.1, 0.15) is 6.42 Å². The number of ether oxygens (including phenoxy) is 2. The standard InChI is InChI=1S/C13H18N2O4/c1-14-7-6-12(16)15-10-4-3-5-11(8-10)19-9-13(17)18-2/h3-5,8,14H,6-7,9H2,1-2H3,(H,15,16). The average Bonchev–Trinajstić information content (AvgIpc) is 2.43. The lowest BCUT2D eigenvalue weighted by Gasteiger charge is -2.08. The second kappa shape index (κ2) is 8.10. The maximum atomic E-state index is 11.5. The fraction of sp³-hybridized carbons (Fsp3) is 0.385. The van der Waals surface area contributed by atoms with Gasteiger partial charge in [-0.25, -0.2) is 4.79 Å². The monoisotopic (exact) mass is 266 g/mol. The Morgan fingerprint density at radius 2 is 2.11 bits per heavy atom. The Labute approximate surface area is 112 Å². The molecule has 6 nitrogen and oxygen atoms in total. The number of amides is 1. The first-order valence-corrected chi connectivity index (χ1v) is 5.90. The summed E-state index contributed by atoms with van der Waals surface area (Å²) in [6, 6.07) is 6.84. The van der Waals surface area contributed by atoms with Gasteiger partial charge in [0.05, 0.1) is 7.11 Å². The van der Waals surface area contributed by atoms with Crippen molar-refractivity contribution in [3.8, 4) is 5.75 Å². The summed E-state index contributed by atoms with van der Waals surface area (Å²) in [7, 11) is 3.08. The Bertz CT molecular complexity index is 434. The van der Waals surface area contributed by atoms with Gasteiger partial charge in [0.15, 0.2) is 6.61 Å². The zero-order valence-corrected chi connectivity index (χ0v) is 11.1. The smallest absolute Gasteiger partial charge is 0.343 e. The quantitative estimate of drug-likeness (QED) is 0.713. The molecule has 0 radical (unpaired) electrons. The number of rotatable bonds is 7. The van der Waals surface area contributed by atoms with Crippen LogP contribution in [-0.2, 0) is 14.3 Å². The minimum atomic E-state index is -0.455. The summed E-state index contributed by atoms with van der Waals surface area (Å²) in [5.74, 6) is -0.0419. The van der Waals surface area contributed by atoms with Crippen LogP contribution >= 0.6 is 0 Å². The van der Waals surface area contributed by atoms with E-state index in [2.05, 4.69) is 15.4 Å². The molecular formula is C13H18N2O4. The Kier molecular flexibility index (Phi) is 6.38. The summed E-state index contributed by atoms with van der Waals surface area (Å²) in [6.07, 6.45) is 0.393. The Balaban J connectivity index is 2.51. The second-order valence-corrected chi connectivity index (χ2v) is 3.79. The first kappa shape index (κ1) is 15.0. The molecule has 104 valence electrons. The summed E-state index contributed by atoms with van der Waals surface area (Å²) in [6.45, 7) is 0.456. The Hall–Kier alpha value is -2.08. The van der Waals surface area contributed by atoms with Crippen molar-refractivity contribution in [2.45, 2.75) is 6.42 Å². The number of nitrogens with one attached hydrogen (secondary N) is 2. The number of anilines is 1. The highest BCUT2D eigenvalue weighted by molar-refractivity contribution is 5.91. The largest absolute Gasteiger partial charge is 0.482 e. The second-order valence-electron chi connectivity index (χ2n) is 3.79. The van der Waals surface area contributed by atoms with Gasteiger partial charge in [0.25, 0.3) is 0 Å². The molecule has 19 heavy (non-hydrogen) atoms. The van der Waals surface area contributed by atoms with Gasteiger partial charge in [-0.3, -0.25) is 4.79 Å². The van der Waals surface area contributed by atoms with Crippen LogP contribution in [0.3, 0.4) is 0 Å². The van der Waals surface area contributed by atoms with Gasteiger partial charge in [-0.1, -0.05) is 6.07 Å². The zero-order chi connectivity index (χ0) is 14.1. The van der Waals surface area contributed by atoms with Crippen LogP contribution in [0.15, 0.2) is 24.3 Å². The fourth-order valence-corrected chi connectivity index (χ4v) is 1.33. The summed E-state index contributed by atoms with van der Waals surface area (Å²) in [5.41, 5.74) is 0.628. The molecule has 0 aromatic heterocycles. The third-order valence-corrected chi connectivity index (χ3v) is 2.30. The van der Waals surface area contributed by atoms with Crippen LogP contribution in [0.2, 0.25) is 0 Å². The minimum absolute atomic E-state index is 0.0838. The van der Waals surface area contributed by atoms with Gasteiger partial charge in [-0.2, -0.15) is 0 Å². The third kappa shape index (κ3) is 5.87. The molecule has 0 aliphatic carbocycles. The highest BCUT2D eigenvalue weighted by atomic mass is 16.6. The molecule has 0 aliphatic rings. The summed E-state index contributed by atoms with van der Waals surface area (Å²) in [5, 5.41) is 5.64. The number of benzene rings is 1. The van der Waals surface area contributed by atoms with Crippen LogP contribution < -0.4 is 15.4 Å². The molecule has 1 aromatic rings. The molecule has 0 heterocycles. The van der Waals surface area contributed by atoms with Crippen molar-refractivity contribution in [1.82, 2.24) is 5.32 Å². The van der Waals surface area contributed by atoms with E-state index in [0.717, 1.165) is 0 Å². The van der Waals surface area contributed by atoms with Crippen molar-refractivity contribution in [2.24, 2.45) is 0 Å². The van der Waals surface area contributed by atoms with Gasteiger partial charge in [0.2, 0.25) is 5.91 Å². The van der Waals surface area contributed by atoms with Crippen molar-refractivity contribution in [3.05, 3.63) is 24.3 Å². The van der Waals surface area contributed by atoms with Crippen LogP contribution in [-0.4, -0.2) is 39.2 Å². The number of carbonyl (C=O) groups excluding carboxylic acids is 2. The van der Waals surface area contributed by atoms with Crippen LogP contribution in [0.5, 0.6) is 5.75 Å². The van der Waals surface area contributed by atoms with E-state index < -0.39 is 5.97 Å². The topological polar surface area (TPSA) is 76.7 Å². The number of esters is 1. The van der Waals surface area contributed by atoms with E-state index in [1.807, 2.05) is 0 Å². The van der Waals surface area contributed by atoms with E-state index in [4.69, 9.17) is 4.74 Å². The van der Waals surface area contributed by atoms with Gasteiger partial charge < -0.3 is 20.1 Å². The van der Waals surface area contributed by atoms with Crippen LogP contribution in [0.4, 0.5) is 5.69 Å². The van der Waals surface area contributed by atoms with Crippen molar-refractivity contribution >= 4 is 17.6 Å². The lowest BCUT2D eigenvalue weighted by molar-refractivity contribution is -0.142. The van der Waals surface area contributed by atoms with Gasteiger partial charge in [0, 0.05) is 24.7 Å². The highest BCUT2D eigenvalue weighted by Crippen LogP contribution is 2.17. The van der Waals surface area contributed by atoms with Crippen molar-refractivity contribution < 1.29 is 19.1 Å². The molecule has 0 aliphatic heterocycles. The molecule has 2 N–H and O–H groups in total. The molecule has 1 rings (SSSR count). The SMILES string of the molecule is CNCCC(=O)Nc1cccc(OCC(=O)OC)c1. The van der Waals surface area contributed by atoms with Gasteiger partial charge >= 0.3 is 5.97 Å². The molecule has 0 bridgehead atoms. The van der Waals surface area contributed by atoms with E-state index in [1.165, 1.54) is 7.11 Å². The predicted molar refractivity (Wildman–Crippen MR) is 71.1 cm³/mol. The third-order valence-electron chi connectivity index (χ3n) is 2.30. The van der Waals surface area contributed by atoms with Crippen molar-refractivity contribution in [3.63, 3.8) is 0 Å². The molecule has 1 aromatic carbocycles. The van der Waals surface area contributed by atoms with Gasteiger partial charge in [-0.15, -0.1) is 0 Å². The molecule has 0 atom stereocenters. The van der Waals surface area contributed by atoms with Crippen molar-refractivity contribution in [1.29, 1.82) is 0 Å². The normalized spacial score (nSPS) is 9.79. The van der Waals surface area contributed by atoms with Gasteiger partial charge in [0.1, 0.15) is 5.75 Å². The van der Waals surface area contributed by atoms with E-state index >= 15 is 0 Å². The lowest BCUT2D eigenvalue weighted by atomic mass is 10.3. The molecule has 1 amide bonds. The highest BCUT2D eigenvalue weighted by Gasteiger charge is 2.04. The minimum Gasteiger partial charge on any atom is -0.482 e. The van der Waals surface area contributed by atoms with E-state index in [0.29, 0.717) is 24.4 Å². The number of hydrogen-bond donors (Lipinski definition) is 2. The van der Waals surface area contributed by atoms with E-state index in [-0.39, 0.29) is 12.5 Å². The molecule has 0 spiro atoms. The number of methoxy groups -OCH3 is 1. The summed E-state index contributed by atoms with van der Waals surface area (Å²) >= 11 is 0. The maximum Gasteiger partial charge on any atom is 0.343 e. The fourth-order valence-electron chi connectivity index (χ4n) is 1.33. The first-order valence-electron chi connectivity index (χ1n) is 5.90. The van der Waals surface area contributed by atoms with Crippen LogP contribution in [0, 0.1) is 0 Å². The molecular weight excluding hydrogens is 248 g/mol. The average molecular weight is 266 g/mol. The zero-order valence-electron chi connectivity index (χ0n) is 11.1. The summed E-state index contributed by atoms with van der Waals surface area (Å²) in [4.78, 5) is 22.5. The van der Waals surface area contributed by atoms with E-state index in [9.17, 15) is 9.59 Å². The first-order chi connectivity index (χ1) is 9.15. The maximum absolute atomic E-state index is 11.5. The number of carbonyl (C=O) groups is 2. The molecule has 6 heteroatoms. The van der Waals surface area contributed by atoms with Crippen LogP contribution in [0.25, 0.3) is 0 Å². The molecule has 0 fully saturated rings. The van der Waals surface area contributed by atoms with Gasteiger partial charge in [-0.05, 0) is 19.2 Å².